The van der Waals surface area contributed by atoms with Gasteiger partial charge in [-0.3, -0.25) is 19.2 Å². The molecule has 0 bridgehead atoms. The van der Waals surface area contributed by atoms with Crippen LogP contribution in [0.5, 0.6) is 0 Å². The number of hydrogen-bond acceptors (Lipinski definition) is 10. The lowest BCUT2D eigenvalue weighted by molar-refractivity contribution is -0.238. The molecular weight excluding hydrogens is 768 g/mol. The van der Waals surface area contributed by atoms with Gasteiger partial charge in [-0.1, -0.05) is 51.1 Å². The third-order valence-corrected chi connectivity index (χ3v) is 10.5. The van der Waals surface area contributed by atoms with Crippen molar-refractivity contribution >= 4 is 40.8 Å². The van der Waals surface area contributed by atoms with Crippen LogP contribution in [0.25, 0.3) is 22.2 Å². The van der Waals surface area contributed by atoms with Crippen molar-refractivity contribution in [1.82, 2.24) is 14.8 Å². The largest absolute Gasteiger partial charge is 0.456 e. The molecule has 2 aliphatic heterocycles. The standard InChI is InChI=1S/C44H49F2N3O10/c1-25(50)57-36-24-55-42(39(59-27(3)52)38(36)58-26(2)51)49-35-21-31(46)18-19-33(35)34(37(49)29-14-16-30(45)17-15-29)22-32-13-10-20-48(32)41(53)40(44(4,5)6)47-43(54)56-23-28-11-8-7-9-12-28/h7-9,11-12,14-19,21,32,36,38-40,42H,10,13,20,22-24H2,1-6H3,(H,47,54)/t32-,36+,38-,39+,40+,42+/m0/s1. The molecular formula is C44H49F2N3O10. The molecule has 0 spiro atoms. The van der Waals surface area contributed by atoms with E-state index in [-0.39, 0.29) is 25.5 Å². The highest BCUT2D eigenvalue weighted by molar-refractivity contribution is 5.93. The summed E-state index contributed by atoms with van der Waals surface area (Å²) in [5.41, 5.74) is 1.96. The van der Waals surface area contributed by atoms with Crippen LogP contribution in [-0.2, 0) is 55.9 Å². The smallest absolute Gasteiger partial charge is 0.408 e. The van der Waals surface area contributed by atoms with Crippen LogP contribution in [0.4, 0.5) is 13.6 Å². The molecule has 0 aliphatic carbocycles. The van der Waals surface area contributed by atoms with E-state index in [2.05, 4.69) is 5.32 Å². The Morgan fingerprint density at radius 3 is 2.14 bits per heavy atom. The van der Waals surface area contributed by atoms with Crippen LogP contribution < -0.4 is 5.32 Å². The molecule has 13 nitrogen and oxygen atoms in total. The van der Waals surface area contributed by atoms with Crippen molar-refractivity contribution in [2.45, 2.75) is 104 Å². The highest BCUT2D eigenvalue weighted by Gasteiger charge is 2.49. The number of nitrogens with one attached hydrogen (secondary N) is 1. The van der Waals surface area contributed by atoms with Gasteiger partial charge < -0.3 is 38.5 Å². The Morgan fingerprint density at radius 1 is 0.847 bits per heavy atom. The number of hydrogen-bond donors (Lipinski definition) is 1. The number of fused-ring (bicyclic) bond motifs is 1. The molecule has 2 amide bonds. The Morgan fingerprint density at radius 2 is 1.49 bits per heavy atom. The molecule has 1 N–H and O–H groups in total. The SMILES string of the molecule is CC(=O)O[C@@H]1[C@@H](OC(C)=O)[C@H](OC(C)=O)CO[C@H]1n1c(-c2ccc(F)cc2)c(C[C@@H]2CCCN2C(=O)[C@@H](NC(=O)OCc2ccccc2)C(C)(C)C)c2ccc(F)cc21. The number of alkyl carbamates (subject to hydrolysis) is 1. The van der Waals surface area contributed by atoms with E-state index >= 15 is 4.39 Å². The monoisotopic (exact) mass is 817 g/mol. The van der Waals surface area contributed by atoms with Gasteiger partial charge in [-0.15, -0.1) is 0 Å². The van der Waals surface area contributed by atoms with Gasteiger partial charge in [0.25, 0.3) is 0 Å². The zero-order valence-corrected chi connectivity index (χ0v) is 33.9. The first kappa shape index (κ1) is 42.8. The summed E-state index contributed by atoms with van der Waals surface area (Å²) >= 11 is 0. The minimum atomic E-state index is -1.41. The minimum absolute atomic E-state index is 0.0238. The first-order chi connectivity index (χ1) is 28.0. The van der Waals surface area contributed by atoms with Gasteiger partial charge >= 0.3 is 24.0 Å². The Labute approximate surface area is 340 Å². The maximum Gasteiger partial charge on any atom is 0.408 e. The van der Waals surface area contributed by atoms with Crippen molar-refractivity contribution in [1.29, 1.82) is 0 Å². The van der Waals surface area contributed by atoms with E-state index in [0.29, 0.717) is 47.1 Å². The second kappa shape index (κ2) is 18.0. The molecule has 2 aliphatic rings. The number of ether oxygens (including phenoxy) is 5. The van der Waals surface area contributed by atoms with Crippen molar-refractivity contribution in [3.63, 3.8) is 0 Å². The molecule has 0 saturated carbocycles. The van der Waals surface area contributed by atoms with Crippen molar-refractivity contribution in [2.75, 3.05) is 13.2 Å². The third kappa shape index (κ3) is 9.90. The van der Waals surface area contributed by atoms with Gasteiger partial charge in [-0.05, 0) is 83.8 Å². The fourth-order valence-electron chi connectivity index (χ4n) is 7.96. The van der Waals surface area contributed by atoms with Gasteiger partial charge in [-0.2, -0.15) is 0 Å². The summed E-state index contributed by atoms with van der Waals surface area (Å²) in [6.07, 6.45) is -4.45. The number of carbonyl (C=O) groups is 5. The maximum atomic E-state index is 15.4. The van der Waals surface area contributed by atoms with Crippen molar-refractivity contribution < 1.29 is 56.4 Å². The summed E-state index contributed by atoms with van der Waals surface area (Å²) < 4.78 is 60.2. The molecule has 0 radical (unpaired) electrons. The van der Waals surface area contributed by atoms with E-state index in [9.17, 15) is 28.4 Å². The van der Waals surface area contributed by atoms with E-state index in [0.717, 1.165) is 19.4 Å². The van der Waals surface area contributed by atoms with Crippen LogP contribution in [-0.4, -0.2) is 82.9 Å². The highest BCUT2D eigenvalue weighted by atomic mass is 19.1. The number of aromatic nitrogens is 1. The molecule has 1 aromatic heterocycles. The first-order valence-corrected chi connectivity index (χ1v) is 19.5. The van der Waals surface area contributed by atoms with Crippen molar-refractivity contribution in [2.24, 2.45) is 5.41 Å². The van der Waals surface area contributed by atoms with Gasteiger partial charge in [0.15, 0.2) is 24.5 Å². The Bertz CT molecular complexity index is 2190. The van der Waals surface area contributed by atoms with Crippen molar-refractivity contribution in [3.8, 4) is 11.3 Å². The highest BCUT2D eigenvalue weighted by Crippen LogP contribution is 2.43. The summed E-state index contributed by atoms with van der Waals surface area (Å²) in [5.74, 6) is -3.61. The zero-order valence-electron chi connectivity index (χ0n) is 33.9. The molecule has 4 aromatic rings. The lowest BCUT2D eigenvalue weighted by atomic mass is 9.85. The van der Waals surface area contributed by atoms with Gasteiger partial charge in [0.1, 0.15) is 24.3 Å². The van der Waals surface area contributed by atoms with E-state index in [1.165, 1.54) is 31.2 Å². The molecule has 0 unspecified atom stereocenters. The van der Waals surface area contributed by atoms with E-state index in [1.807, 2.05) is 51.1 Å². The Balaban J connectivity index is 1.43. The van der Waals surface area contributed by atoms with Crippen LogP contribution in [0.15, 0.2) is 72.8 Å². The molecule has 3 heterocycles. The maximum absolute atomic E-state index is 15.4. The number of benzene rings is 3. The number of esters is 3. The first-order valence-electron chi connectivity index (χ1n) is 19.5. The fraction of sp³-hybridized carbons (Fsp3) is 0.432. The summed E-state index contributed by atoms with van der Waals surface area (Å²) in [7, 11) is 0. The molecule has 314 valence electrons. The molecule has 3 aromatic carbocycles. The second-order valence-corrected chi connectivity index (χ2v) is 15.9. The molecule has 59 heavy (non-hydrogen) atoms. The lowest BCUT2D eigenvalue weighted by Gasteiger charge is -2.41. The number of amides is 2. The average Bonchev–Trinajstić information content (AvgIpc) is 3.76. The quantitative estimate of drug-likeness (QED) is 0.127. The van der Waals surface area contributed by atoms with Crippen LogP contribution in [0, 0.1) is 17.0 Å². The summed E-state index contributed by atoms with van der Waals surface area (Å²) in [5, 5.41) is 3.37. The Hall–Kier alpha value is -5.83. The third-order valence-electron chi connectivity index (χ3n) is 10.5. The number of halogens is 2. The van der Waals surface area contributed by atoms with Gasteiger partial charge in [0.2, 0.25) is 5.91 Å². The van der Waals surface area contributed by atoms with E-state index in [1.54, 1.807) is 27.7 Å². The van der Waals surface area contributed by atoms with E-state index in [4.69, 9.17) is 23.7 Å². The van der Waals surface area contributed by atoms with Crippen LogP contribution >= 0.6 is 0 Å². The van der Waals surface area contributed by atoms with Crippen LogP contribution in [0.3, 0.4) is 0 Å². The Kier molecular flexibility index (Phi) is 13.0. The number of likely N-dealkylation sites (tertiary alicyclic amines) is 1. The van der Waals surface area contributed by atoms with Crippen LogP contribution in [0.2, 0.25) is 0 Å². The van der Waals surface area contributed by atoms with Gasteiger partial charge in [0.05, 0.1) is 17.8 Å². The molecule has 15 heteroatoms. The zero-order chi connectivity index (χ0) is 42.6. The number of rotatable bonds is 11. The predicted octanol–water partition coefficient (Wildman–Crippen LogP) is 6.79. The number of nitrogens with zero attached hydrogens (tertiary/aromatic N) is 2. The molecule has 6 atom stereocenters. The summed E-state index contributed by atoms with van der Waals surface area (Å²) in [4.78, 5) is 66.6. The number of carbonyl (C=O) groups excluding carboxylic acids is 5. The van der Waals surface area contributed by atoms with Gasteiger partial charge in [-0.25, -0.2) is 13.6 Å². The van der Waals surface area contributed by atoms with Crippen molar-refractivity contribution in [3.05, 3.63) is 95.6 Å². The summed E-state index contributed by atoms with van der Waals surface area (Å²) in [6.45, 7) is 9.17. The molecule has 2 saturated heterocycles. The topological polar surface area (TPSA) is 152 Å². The molecule has 2 fully saturated rings. The predicted molar refractivity (Wildman–Crippen MR) is 210 cm³/mol. The van der Waals surface area contributed by atoms with E-state index < -0.39 is 77.7 Å². The van der Waals surface area contributed by atoms with Crippen LogP contribution in [0.1, 0.15) is 71.7 Å². The fourth-order valence-corrected chi connectivity index (χ4v) is 7.96. The molecule has 6 rings (SSSR count). The lowest BCUT2D eigenvalue weighted by Crippen LogP contribution is -2.56. The minimum Gasteiger partial charge on any atom is -0.456 e. The summed E-state index contributed by atoms with van der Waals surface area (Å²) in [6, 6.07) is 17.6. The average molecular weight is 818 g/mol. The normalized spacial score (nSPS) is 21.1. The second-order valence-electron chi connectivity index (χ2n) is 15.9. The van der Waals surface area contributed by atoms with Gasteiger partial charge in [0, 0.05) is 38.7 Å².